The van der Waals surface area contributed by atoms with Gasteiger partial charge in [0.25, 0.3) is 0 Å². The Balaban J connectivity index is 1.96. The number of aliphatic imine (C=N–C) groups is 1. The van der Waals surface area contributed by atoms with Crippen molar-refractivity contribution in [1.29, 1.82) is 0 Å². The van der Waals surface area contributed by atoms with Gasteiger partial charge in [-0.1, -0.05) is 0 Å². The van der Waals surface area contributed by atoms with E-state index < -0.39 is 0 Å². The van der Waals surface area contributed by atoms with Crippen LogP contribution in [0.2, 0.25) is 0 Å². The van der Waals surface area contributed by atoms with Crippen molar-refractivity contribution in [1.82, 2.24) is 15.6 Å². The summed E-state index contributed by atoms with van der Waals surface area (Å²) in [6.45, 7) is 7.74. The van der Waals surface area contributed by atoms with Crippen LogP contribution >= 0.6 is 0 Å². The van der Waals surface area contributed by atoms with Crippen molar-refractivity contribution >= 4 is 5.96 Å². The third kappa shape index (κ3) is 5.40. The summed E-state index contributed by atoms with van der Waals surface area (Å²) in [5.74, 6) is 3.84. The molecule has 2 N–H and O–H groups in total. The average molecular weight is 360 g/mol. The van der Waals surface area contributed by atoms with Crippen LogP contribution in [0.4, 0.5) is 0 Å². The molecule has 1 aromatic heterocycles. The largest absolute Gasteiger partial charge is 0.497 e. The molecule has 2 rings (SSSR count). The number of hydrogen-bond donors (Lipinski definition) is 2. The second-order valence-electron chi connectivity index (χ2n) is 5.80. The Morgan fingerprint density at radius 1 is 1.19 bits per heavy atom. The van der Waals surface area contributed by atoms with Crippen molar-refractivity contribution < 1.29 is 13.9 Å². The first-order chi connectivity index (χ1) is 12.6. The summed E-state index contributed by atoms with van der Waals surface area (Å²) in [6.07, 6.45) is 0.780. The highest BCUT2D eigenvalue weighted by molar-refractivity contribution is 5.79. The van der Waals surface area contributed by atoms with E-state index in [1.165, 1.54) is 0 Å². The molecule has 7 nitrogen and oxygen atoms in total. The molecule has 26 heavy (non-hydrogen) atoms. The number of nitrogens with zero attached hydrogens (tertiary/aromatic N) is 2. The summed E-state index contributed by atoms with van der Waals surface area (Å²) < 4.78 is 16.3. The molecule has 0 fully saturated rings. The standard InChI is InChI=1S/C19H28N4O3/c1-6-20-19(22-12-18-23-13(2)14(3)26-18)21-10-9-15-11-16(24-4)7-8-17(15)25-5/h7-8,11H,6,9-10,12H2,1-5H3,(H2,20,21,22). The lowest BCUT2D eigenvalue weighted by Crippen LogP contribution is -2.38. The highest BCUT2D eigenvalue weighted by Gasteiger charge is 2.07. The lowest BCUT2D eigenvalue weighted by atomic mass is 10.1. The first kappa shape index (κ1) is 19.6. The molecule has 2 aromatic rings. The monoisotopic (exact) mass is 360 g/mol. The van der Waals surface area contributed by atoms with Gasteiger partial charge in [-0.05, 0) is 51.0 Å². The van der Waals surface area contributed by atoms with Gasteiger partial charge < -0.3 is 24.5 Å². The van der Waals surface area contributed by atoms with E-state index in [1.807, 2.05) is 39.0 Å². The number of ether oxygens (including phenoxy) is 2. The van der Waals surface area contributed by atoms with Crippen molar-refractivity contribution in [3.8, 4) is 11.5 Å². The number of aryl methyl sites for hydroxylation is 2. The summed E-state index contributed by atoms with van der Waals surface area (Å²) in [5, 5.41) is 6.55. The van der Waals surface area contributed by atoms with Crippen LogP contribution in [0.1, 0.15) is 29.8 Å². The maximum atomic E-state index is 5.57. The Morgan fingerprint density at radius 2 is 2.00 bits per heavy atom. The predicted molar refractivity (Wildman–Crippen MR) is 102 cm³/mol. The molecular formula is C19H28N4O3. The van der Waals surface area contributed by atoms with Crippen molar-refractivity contribution in [3.05, 3.63) is 41.1 Å². The van der Waals surface area contributed by atoms with Gasteiger partial charge >= 0.3 is 0 Å². The fourth-order valence-electron chi connectivity index (χ4n) is 2.49. The SMILES string of the molecule is CCNC(=NCc1nc(C)c(C)o1)NCCc1cc(OC)ccc1OC. The van der Waals surface area contributed by atoms with E-state index in [-0.39, 0.29) is 0 Å². The van der Waals surface area contributed by atoms with Crippen molar-refractivity contribution in [3.63, 3.8) is 0 Å². The van der Waals surface area contributed by atoms with Crippen molar-refractivity contribution in [2.75, 3.05) is 27.3 Å². The van der Waals surface area contributed by atoms with Gasteiger partial charge in [0.15, 0.2) is 5.96 Å². The lowest BCUT2D eigenvalue weighted by Gasteiger charge is -2.13. The molecule has 0 aliphatic rings. The number of guanidine groups is 1. The zero-order valence-electron chi connectivity index (χ0n) is 16.2. The predicted octanol–water partition coefficient (Wildman–Crippen LogP) is 2.61. The van der Waals surface area contributed by atoms with Crippen LogP contribution in [-0.4, -0.2) is 38.3 Å². The van der Waals surface area contributed by atoms with E-state index in [9.17, 15) is 0 Å². The summed E-state index contributed by atoms with van der Waals surface area (Å²) in [6, 6.07) is 5.80. The molecule has 0 aliphatic heterocycles. The van der Waals surface area contributed by atoms with Gasteiger partial charge in [0.1, 0.15) is 23.8 Å². The number of oxazole rings is 1. The van der Waals surface area contributed by atoms with E-state index in [1.54, 1.807) is 14.2 Å². The molecule has 142 valence electrons. The van der Waals surface area contributed by atoms with Crippen LogP contribution in [0, 0.1) is 13.8 Å². The smallest absolute Gasteiger partial charge is 0.216 e. The second kappa shape index (κ2) is 9.70. The van der Waals surface area contributed by atoms with Gasteiger partial charge in [0.05, 0.1) is 19.9 Å². The Labute approximate surface area is 154 Å². The third-order valence-corrected chi connectivity index (χ3v) is 3.96. The molecule has 0 radical (unpaired) electrons. The summed E-state index contributed by atoms with van der Waals surface area (Å²) in [4.78, 5) is 8.88. The molecular weight excluding hydrogens is 332 g/mol. The quantitative estimate of drug-likeness (QED) is 0.556. The minimum atomic E-state index is 0.395. The molecule has 0 atom stereocenters. The fraction of sp³-hybridized carbons (Fsp3) is 0.474. The Bertz CT molecular complexity index is 721. The Morgan fingerprint density at radius 3 is 2.62 bits per heavy atom. The van der Waals surface area contributed by atoms with Gasteiger partial charge in [-0.15, -0.1) is 0 Å². The van der Waals surface area contributed by atoms with Crippen LogP contribution in [-0.2, 0) is 13.0 Å². The van der Waals surface area contributed by atoms with Gasteiger partial charge in [-0.25, -0.2) is 9.98 Å². The molecule has 7 heteroatoms. The minimum absolute atomic E-state index is 0.395. The first-order valence-electron chi connectivity index (χ1n) is 8.73. The fourth-order valence-corrected chi connectivity index (χ4v) is 2.49. The van der Waals surface area contributed by atoms with Gasteiger partial charge in [-0.3, -0.25) is 0 Å². The van der Waals surface area contributed by atoms with Crippen LogP contribution in [0.3, 0.4) is 0 Å². The molecule has 1 aromatic carbocycles. The zero-order valence-corrected chi connectivity index (χ0v) is 16.2. The number of hydrogen-bond acceptors (Lipinski definition) is 5. The number of methoxy groups -OCH3 is 2. The normalized spacial score (nSPS) is 11.3. The zero-order chi connectivity index (χ0) is 18.9. The highest BCUT2D eigenvalue weighted by Crippen LogP contribution is 2.24. The molecule has 0 saturated carbocycles. The number of nitrogens with one attached hydrogen (secondary N) is 2. The number of aromatic nitrogens is 1. The molecule has 0 amide bonds. The van der Waals surface area contributed by atoms with Crippen LogP contribution in [0.25, 0.3) is 0 Å². The molecule has 0 unspecified atom stereocenters. The number of rotatable bonds is 8. The van der Waals surface area contributed by atoms with Gasteiger partial charge in [-0.2, -0.15) is 0 Å². The second-order valence-corrected chi connectivity index (χ2v) is 5.80. The Kier molecular flexibility index (Phi) is 7.32. The maximum Gasteiger partial charge on any atom is 0.216 e. The topological polar surface area (TPSA) is 80.9 Å². The van der Waals surface area contributed by atoms with E-state index in [2.05, 4.69) is 20.6 Å². The molecule has 1 heterocycles. The highest BCUT2D eigenvalue weighted by atomic mass is 16.5. The minimum Gasteiger partial charge on any atom is -0.497 e. The number of benzene rings is 1. The third-order valence-electron chi connectivity index (χ3n) is 3.96. The van der Waals surface area contributed by atoms with Crippen molar-refractivity contribution in [2.45, 2.75) is 33.7 Å². The van der Waals surface area contributed by atoms with Crippen LogP contribution in [0.5, 0.6) is 11.5 Å². The van der Waals surface area contributed by atoms with Crippen molar-refractivity contribution in [2.24, 2.45) is 4.99 Å². The average Bonchev–Trinajstić information content (AvgIpc) is 2.97. The Hall–Kier alpha value is -2.70. The van der Waals surface area contributed by atoms with E-state index in [4.69, 9.17) is 13.9 Å². The lowest BCUT2D eigenvalue weighted by molar-refractivity contribution is 0.398. The molecule has 0 bridgehead atoms. The van der Waals surface area contributed by atoms with E-state index in [0.29, 0.717) is 19.0 Å². The summed E-state index contributed by atoms with van der Waals surface area (Å²) in [5.41, 5.74) is 1.98. The maximum absolute atomic E-state index is 5.57. The van der Waals surface area contributed by atoms with Gasteiger partial charge in [0.2, 0.25) is 5.89 Å². The molecule has 0 aliphatic carbocycles. The van der Waals surface area contributed by atoms with E-state index in [0.717, 1.165) is 47.4 Å². The molecule has 0 saturated heterocycles. The van der Waals surface area contributed by atoms with Crippen LogP contribution in [0.15, 0.2) is 27.6 Å². The van der Waals surface area contributed by atoms with Gasteiger partial charge in [0, 0.05) is 13.1 Å². The summed E-state index contributed by atoms with van der Waals surface area (Å²) in [7, 11) is 3.33. The molecule has 0 spiro atoms. The van der Waals surface area contributed by atoms with Crippen LogP contribution < -0.4 is 20.1 Å². The van der Waals surface area contributed by atoms with E-state index >= 15 is 0 Å². The summed E-state index contributed by atoms with van der Waals surface area (Å²) >= 11 is 0. The first-order valence-corrected chi connectivity index (χ1v) is 8.73.